The number of aryl methyl sites for hydroxylation is 1. The summed E-state index contributed by atoms with van der Waals surface area (Å²) in [6.07, 6.45) is -1.07. The van der Waals surface area contributed by atoms with E-state index in [1.54, 1.807) is 6.07 Å². The van der Waals surface area contributed by atoms with Crippen molar-refractivity contribution in [2.24, 2.45) is 7.05 Å². The highest BCUT2D eigenvalue weighted by molar-refractivity contribution is 5.86. The first-order valence-electron chi connectivity index (χ1n) is 13.1. The summed E-state index contributed by atoms with van der Waals surface area (Å²) in [6.45, 7) is 2.60. The predicted molar refractivity (Wildman–Crippen MR) is 144 cm³/mol. The Hall–Kier alpha value is -3.58. The number of rotatable bonds is 7. The summed E-state index contributed by atoms with van der Waals surface area (Å²) in [5.74, 6) is -0.946. The van der Waals surface area contributed by atoms with Crippen molar-refractivity contribution in [2.75, 3.05) is 13.1 Å². The molecule has 1 unspecified atom stereocenters. The van der Waals surface area contributed by atoms with Gasteiger partial charge in [-0.05, 0) is 41.7 Å². The molecule has 1 atom stereocenters. The summed E-state index contributed by atoms with van der Waals surface area (Å²) in [5.41, 5.74) is 2.34. The Kier molecular flexibility index (Phi) is 7.56. The molecule has 0 radical (unpaired) electrons. The van der Waals surface area contributed by atoms with Gasteiger partial charge in [0.2, 0.25) is 5.91 Å². The van der Waals surface area contributed by atoms with E-state index in [4.69, 9.17) is 0 Å². The van der Waals surface area contributed by atoms with Crippen LogP contribution in [-0.2, 0) is 24.6 Å². The van der Waals surface area contributed by atoms with Gasteiger partial charge in [0.25, 0.3) is 0 Å². The van der Waals surface area contributed by atoms with Crippen molar-refractivity contribution in [2.45, 2.75) is 43.9 Å². The molecule has 1 aromatic heterocycles. The van der Waals surface area contributed by atoms with Crippen molar-refractivity contribution in [3.05, 3.63) is 107 Å². The molecule has 1 aliphatic rings. The molecule has 0 bridgehead atoms. The van der Waals surface area contributed by atoms with Gasteiger partial charge in [0.05, 0.1) is 5.56 Å². The average molecular weight is 520 g/mol. The third-order valence-corrected chi connectivity index (χ3v) is 7.54. The largest absolute Gasteiger partial charge is 0.416 e. The highest BCUT2D eigenvalue weighted by Crippen LogP contribution is 2.41. The fourth-order valence-electron chi connectivity index (χ4n) is 5.65. The number of alkyl halides is 3. The second-order valence-corrected chi connectivity index (χ2v) is 10.2. The van der Waals surface area contributed by atoms with Crippen molar-refractivity contribution in [3.63, 3.8) is 0 Å². The number of nitrogens with zero attached hydrogens (tertiary/aromatic N) is 2. The van der Waals surface area contributed by atoms with Gasteiger partial charge in [-0.1, -0.05) is 66.7 Å². The fourth-order valence-corrected chi connectivity index (χ4v) is 5.65. The summed E-state index contributed by atoms with van der Waals surface area (Å²) < 4.78 is 44.0. The summed E-state index contributed by atoms with van der Waals surface area (Å²) in [6, 6.07) is 23.6. The Bertz CT molecular complexity index is 1390. The number of fused-ring (bicyclic) bond motifs is 1. The number of para-hydroxylation sites is 1. The van der Waals surface area contributed by atoms with Crippen LogP contribution in [0.25, 0.3) is 10.9 Å². The number of likely N-dealkylation sites (tertiary alicyclic amines) is 1. The van der Waals surface area contributed by atoms with E-state index in [1.165, 1.54) is 17.7 Å². The zero-order chi connectivity index (χ0) is 26.7. The highest BCUT2D eigenvalue weighted by atomic mass is 19.4. The van der Waals surface area contributed by atoms with E-state index in [9.17, 15) is 18.0 Å². The van der Waals surface area contributed by atoms with Gasteiger partial charge in [0, 0.05) is 62.2 Å². The number of carbonyl (C=O) groups excluding carboxylic acids is 1. The van der Waals surface area contributed by atoms with Crippen LogP contribution in [0.15, 0.2) is 85.1 Å². The zero-order valence-electron chi connectivity index (χ0n) is 21.4. The summed E-state index contributed by atoms with van der Waals surface area (Å²) in [5, 5.41) is 3.99. The molecular weight excluding hydrogens is 487 g/mol. The Morgan fingerprint density at radius 3 is 2.32 bits per heavy atom. The minimum atomic E-state index is -4.51. The quantitative estimate of drug-likeness (QED) is 0.303. The number of aromatic nitrogens is 1. The van der Waals surface area contributed by atoms with Gasteiger partial charge in [-0.3, -0.25) is 9.69 Å². The zero-order valence-corrected chi connectivity index (χ0v) is 21.4. The molecule has 7 heteroatoms. The number of benzene rings is 3. The summed E-state index contributed by atoms with van der Waals surface area (Å²) >= 11 is 0. The highest BCUT2D eigenvalue weighted by Gasteiger charge is 2.36. The monoisotopic (exact) mass is 519 g/mol. The second-order valence-electron chi connectivity index (χ2n) is 10.2. The van der Waals surface area contributed by atoms with Crippen LogP contribution < -0.4 is 5.32 Å². The van der Waals surface area contributed by atoms with Crippen LogP contribution in [0.4, 0.5) is 13.2 Å². The SMILES string of the molecule is Cn1cc(C(CC(=O)NC2CCN(Cc3ccccc3)CC2)c2ccccc2C(F)(F)F)c2ccccc21. The Morgan fingerprint density at radius 2 is 1.58 bits per heavy atom. The van der Waals surface area contributed by atoms with Crippen molar-refractivity contribution in [1.29, 1.82) is 0 Å². The predicted octanol–water partition coefficient (Wildman–Crippen LogP) is 6.50. The Labute approximate surface area is 221 Å². The lowest BCUT2D eigenvalue weighted by molar-refractivity contribution is -0.138. The van der Waals surface area contributed by atoms with Crippen LogP contribution in [0, 0.1) is 0 Å². The van der Waals surface area contributed by atoms with Gasteiger partial charge in [0.15, 0.2) is 0 Å². The number of piperidine rings is 1. The Morgan fingerprint density at radius 1 is 0.921 bits per heavy atom. The minimum absolute atomic E-state index is 0.0144. The molecule has 0 spiro atoms. The van der Waals surface area contributed by atoms with Crippen molar-refractivity contribution < 1.29 is 18.0 Å². The van der Waals surface area contributed by atoms with E-state index in [0.717, 1.165) is 55.0 Å². The number of carbonyl (C=O) groups is 1. The smallest absolute Gasteiger partial charge is 0.353 e. The molecule has 1 amide bonds. The molecule has 1 saturated heterocycles. The van der Waals surface area contributed by atoms with Crippen LogP contribution in [-0.4, -0.2) is 34.5 Å². The first kappa shape index (κ1) is 26.0. The number of halogens is 3. The first-order chi connectivity index (χ1) is 18.3. The Balaban J connectivity index is 1.35. The second kappa shape index (κ2) is 11.0. The van der Waals surface area contributed by atoms with Crippen LogP contribution >= 0.6 is 0 Å². The molecule has 2 heterocycles. The maximum Gasteiger partial charge on any atom is 0.416 e. The number of nitrogens with one attached hydrogen (secondary N) is 1. The molecule has 4 aromatic rings. The fraction of sp³-hybridized carbons (Fsp3) is 0.323. The van der Waals surface area contributed by atoms with E-state index < -0.39 is 17.7 Å². The number of hydrogen-bond acceptors (Lipinski definition) is 2. The van der Waals surface area contributed by atoms with Gasteiger partial charge >= 0.3 is 6.18 Å². The molecule has 1 N–H and O–H groups in total. The lowest BCUT2D eigenvalue weighted by Gasteiger charge is -2.32. The summed E-state index contributed by atoms with van der Waals surface area (Å²) in [7, 11) is 1.88. The molecule has 38 heavy (non-hydrogen) atoms. The molecule has 4 nitrogen and oxygen atoms in total. The normalized spacial score (nSPS) is 16.0. The van der Waals surface area contributed by atoms with Crippen LogP contribution in [0.2, 0.25) is 0 Å². The first-order valence-corrected chi connectivity index (χ1v) is 13.1. The topological polar surface area (TPSA) is 37.3 Å². The molecule has 0 saturated carbocycles. The van der Waals surface area contributed by atoms with E-state index >= 15 is 0 Å². The van der Waals surface area contributed by atoms with Crippen LogP contribution in [0.5, 0.6) is 0 Å². The molecular formula is C31H32F3N3O. The van der Waals surface area contributed by atoms with Crippen LogP contribution in [0.1, 0.15) is 47.4 Å². The summed E-state index contributed by atoms with van der Waals surface area (Å²) in [4.78, 5) is 15.7. The maximum absolute atomic E-state index is 14.0. The lowest BCUT2D eigenvalue weighted by Crippen LogP contribution is -2.44. The molecule has 198 valence electrons. The lowest BCUT2D eigenvalue weighted by atomic mass is 9.85. The molecule has 0 aliphatic carbocycles. The van der Waals surface area contributed by atoms with E-state index in [-0.39, 0.29) is 23.9 Å². The van der Waals surface area contributed by atoms with Gasteiger partial charge in [-0.2, -0.15) is 13.2 Å². The molecule has 5 rings (SSSR count). The van der Waals surface area contributed by atoms with Gasteiger partial charge < -0.3 is 9.88 Å². The van der Waals surface area contributed by atoms with Gasteiger partial charge in [-0.15, -0.1) is 0 Å². The van der Waals surface area contributed by atoms with E-state index in [0.29, 0.717) is 0 Å². The van der Waals surface area contributed by atoms with E-state index in [2.05, 4.69) is 22.3 Å². The average Bonchev–Trinajstić information content (AvgIpc) is 3.25. The number of amides is 1. The molecule has 3 aromatic carbocycles. The van der Waals surface area contributed by atoms with Crippen molar-refractivity contribution in [3.8, 4) is 0 Å². The third kappa shape index (κ3) is 5.78. The van der Waals surface area contributed by atoms with E-state index in [1.807, 2.05) is 60.3 Å². The van der Waals surface area contributed by atoms with Crippen LogP contribution in [0.3, 0.4) is 0 Å². The van der Waals surface area contributed by atoms with Gasteiger partial charge in [-0.25, -0.2) is 0 Å². The maximum atomic E-state index is 14.0. The number of hydrogen-bond donors (Lipinski definition) is 1. The van der Waals surface area contributed by atoms with Crippen molar-refractivity contribution >= 4 is 16.8 Å². The molecule has 1 aliphatic heterocycles. The third-order valence-electron chi connectivity index (χ3n) is 7.54. The van der Waals surface area contributed by atoms with Crippen molar-refractivity contribution in [1.82, 2.24) is 14.8 Å². The molecule has 1 fully saturated rings. The minimum Gasteiger partial charge on any atom is -0.353 e. The van der Waals surface area contributed by atoms with Gasteiger partial charge in [0.1, 0.15) is 0 Å². The standard InChI is InChI=1S/C31H32F3N3O/c1-36-21-27(25-12-6-8-14-29(25)36)26(24-11-5-7-13-28(24)31(32,33)34)19-30(38)35-23-15-17-37(18-16-23)20-22-9-3-2-4-10-22/h2-14,21,23,26H,15-20H2,1H3,(H,35,38).